The monoisotopic (exact) mass is 452 g/mol. The van der Waals surface area contributed by atoms with Gasteiger partial charge in [0.15, 0.2) is 0 Å². The van der Waals surface area contributed by atoms with Gasteiger partial charge in [0.25, 0.3) is 0 Å². The van der Waals surface area contributed by atoms with E-state index in [1.807, 2.05) is 13.0 Å². The van der Waals surface area contributed by atoms with Crippen molar-refractivity contribution in [2.75, 3.05) is 0 Å². The normalized spacial score (nSPS) is 52.4. The molecule has 0 saturated heterocycles. The lowest BCUT2D eigenvalue weighted by Gasteiger charge is -2.68. The molecule has 0 aromatic rings. The average Bonchev–Trinajstić information content (AvgIpc) is 2.73. The van der Waals surface area contributed by atoms with E-state index >= 15 is 0 Å². The van der Waals surface area contributed by atoms with Gasteiger partial charge in [0.05, 0.1) is 11.5 Å². The minimum absolute atomic E-state index is 0.0109. The van der Waals surface area contributed by atoms with Gasteiger partial charge in [-0.05, 0) is 85.4 Å². The molecule has 0 aromatic heterocycles. The third-order valence-electron chi connectivity index (χ3n) is 12.2. The second-order valence-corrected chi connectivity index (χ2v) is 14.1. The zero-order valence-electron chi connectivity index (χ0n) is 21.8. The number of allylic oxidation sites excluding steroid dienone is 4. The molecule has 5 rings (SSSR count). The summed E-state index contributed by atoms with van der Waals surface area (Å²) in [6, 6.07) is 0. The third-order valence-corrected chi connectivity index (χ3v) is 12.2. The highest BCUT2D eigenvalue weighted by Gasteiger charge is 2.66. The summed E-state index contributed by atoms with van der Waals surface area (Å²) in [6.07, 6.45) is 15.7. The molecule has 2 N–H and O–H groups in total. The number of hydrogen-bond acceptors (Lipinski definition) is 2. The predicted octanol–water partition coefficient (Wildman–Crippen LogP) is 6.93. The molecule has 3 saturated carbocycles. The fraction of sp³-hybridized carbons (Fsp3) is 0.767. The molecule has 0 aliphatic heterocycles. The van der Waals surface area contributed by atoms with Crippen molar-refractivity contribution >= 4 is 5.97 Å². The number of aliphatic hydroxyl groups excluding tert-OH is 1. The Hall–Kier alpha value is -1.35. The van der Waals surface area contributed by atoms with Crippen LogP contribution in [0, 0.1) is 44.3 Å². The number of hydrogen-bond donors (Lipinski definition) is 2. The second-order valence-electron chi connectivity index (χ2n) is 14.1. The van der Waals surface area contributed by atoms with Crippen LogP contribution in [-0.4, -0.2) is 22.3 Å². The van der Waals surface area contributed by atoms with Crippen molar-refractivity contribution in [3.05, 3.63) is 35.5 Å². The standard InChI is InChI=1S/C30H44O3/c1-25(2)12-11-23(31)30(7)21(25)10-13-29(6)22(30)9-8-19-20-18-27(4,24(32)33)15-14-26(20,3)16-17-28(19,29)5/h8-9,11-12,20-21,23,31H,10,13-18H2,1-7H3,(H,32,33)/t20?,21?,23?,26-,27+,28-,29-,30+/m1/s1. The topological polar surface area (TPSA) is 57.5 Å². The minimum atomic E-state index is -0.636. The Balaban J connectivity index is 1.66. The molecule has 3 nitrogen and oxygen atoms in total. The first-order valence-corrected chi connectivity index (χ1v) is 13.2. The highest BCUT2D eigenvalue weighted by molar-refractivity contribution is 5.74. The van der Waals surface area contributed by atoms with E-state index in [4.69, 9.17) is 0 Å². The van der Waals surface area contributed by atoms with Gasteiger partial charge in [0.2, 0.25) is 0 Å². The van der Waals surface area contributed by atoms with Crippen molar-refractivity contribution in [1.29, 1.82) is 0 Å². The van der Waals surface area contributed by atoms with E-state index in [0.29, 0.717) is 11.8 Å². The molecule has 0 radical (unpaired) electrons. The highest BCUT2D eigenvalue weighted by atomic mass is 16.4. The molecule has 3 unspecified atom stereocenters. The van der Waals surface area contributed by atoms with Crippen molar-refractivity contribution in [3.8, 4) is 0 Å². The van der Waals surface area contributed by atoms with Gasteiger partial charge in [0, 0.05) is 5.41 Å². The Morgan fingerprint density at radius 2 is 1.58 bits per heavy atom. The summed E-state index contributed by atoms with van der Waals surface area (Å²) in [5.41, 5.74) is 2.29. The first-order valence-electron chi connectivity index (χ1n) is 13.2. The summed E-state index contributed by atoms with van der Waals surface area (Å²) in [5.74, 6) is 0.101. The van der Waals surface area contributed by atoms with Crippen molar-refractivity contribution in [2.24, 2.45) is 44.3 Å². The maximum Gasteiger partial charge on any atom is 0.309 e. The van der Waals surface area contributed by atoms with Crippen molar-refractivity contribution < 1.29 is 15.0 Å². The van der Waals surface area contributed by atoms with Crippen LogP contribution in [0.15, 0.2) is 35.5 Å². The zero-order valence-corrected chi connectivity index (χ0v) is 21.8. The van der Waals surface area contributed by atoms with Crippen LogP contribution in [0.5, 0.6) is 0 Å². The Bertz CT molecular complexity index is 987. The van der Waals surface area contributed by atoms with E-state index < -0.39 is 17.5 Å². The highest BCUT2D eigenvalue weighted by Crippen LogP contribution is 2.74. The number of aliphatic carboxylic acids is 1. The molecule has 5 aliphatic carbocycles. The van der Waals surface area contributed by atoms with Crippen LogP contribution in [0.25, 0.3) is 0 Å². The smallest absolute Gasteiger partial charge is 0.309 e. The van der Waals surface area contributed by atoms with Gasteiger partial charge in [0.1, 0.15) is 0 Å². The number of rotatable bonds is 1. The van der Waals surface area contributed by atoms with Gasteiger partial charge in [-0.15, -0.1) is 0 Å². The Morgan fingerprint density at radius 1 is 0.909 bits per heavy atom. The fourth-order valence-corrected chi connectivity index (χ4v) is 9.40. The van der Waals surface area contributed by atoms with Gasteiger partial charge in [-0.3, -0.25) is 4.79 Å². The zero-order chi connectivity index (χ0) is 24.2. The SMILES string of the molecule is CC1(C)C=CC(O)[C@]2(C)C3=CC=C4C5C[C@@](C)(C(=O)O)CC[C@]5(C)CC[C@@]4(C)[C@]3(C)CCC12. The summed E-state index contributed by atoms with van der Waals surface area (Å²) < 4.78 is 0. The summed E-state index contributed by atoms with van der Waals surface area (Å²) in [6.45, 7) is 16.3. The van der Waals surface area contributed by atoms with E-state index in [1.54, 1.807) is 0 Å². The molecule has 3 fully saturated rings. The average molecular weight is 453 g/mol. The van der Waals surface area contributed by atoms with Crippen molar-refractivity contribution in [1.82, 2.24) is 0 Å². The molecule has 0 aromatic carbocycles. The first-order chi connectivity index (χ1) is 15.1. The molecule has 0 heterocycles. The summed E-state index contributed by atoms with van der Waals surface area (Å²) in [5, 5.41) is 21.4. The number of carboxylic acids is 1. The molecular formula is C30H44O3. The molecule has 3 heteroatoms. The second kappa shape index (κ2) is 6.65. The van der Waals surface area contributed by atoms with E-state index in [0.717, 1.165) is 44.9 Å². The third kappa shape index (κ3) is 2.75. The van der Waals surface area contributed by atoms with Gasteiger partial charge in [-0.1, -0.05) is 77.0 Å². The molecule has 0 spiro atoms. The maximum absolute atomic E-state index is 12.2. The minimum Gasteiger partial charge on any atom is -0.481 e. The molecular weight excluding hydrogens is 408 g/mol. The molecule has 8 atom stereocenters. The molecule has 0 amide bonds. The number of carbonyl (C=O) groups is 1. The Kier molecular flexibility index (Phi) is 4.72. The van der Waals surface area contributed by atoms with Crippen LogP contribution < -0.4 is 0 Å². The van der Waals surface area contributed by atoms with Gasteiger partial charge in [-0.2, -0.15) is 0 Å². The Labute approximate surface area is 200 Å². The van der Waals surface area contributed by atoms with Crippen LogP contribution in [0.4, 0.5) is 0 Å². The van der Waals surface area contributed by atoms with E-state index in [2.05, 4.69) is 59.8 Å². The Morgan fingerprint density at radius 3 is 2.24 bits per heavy atom. The van der Waals surface area contributed by atoms with Crippen LogP contribution in [0.2, 0.25) is 0 Å². The van der Waals surface area contributed by atoms with Crippen LogP contribution in [-0.2, 0) is 4.79 Å². The number of fused-ring (bicyclic) bond motifs is 7. The lowest BCUT2D eigenvalue weighted by atomic mass is 9.36. The van der Waals surface area contributed by atoms with E-state index in [1.165, 1.54) is 11.1 Å². The lowest BCUT2D eigenvalue weighted by Crippen LogP contribution is -2.61. The van der Waals surface area contributed by atoms with E-state index in [9.17, 15) is 15.0 Å². The molecule has 182 valence electrons. The largest absolute Gasteiger partial charge is 0.481 e. The van der Waals surface area contributed by atoms with Gasteiger partial charge >= 0.3 is 5.97 Å². The van der Waals surface area contributed by atoms with Gasteiger partial charge < -0.3 is 10.2 Å². The summed E-state index contributed by atoms with van der Waals surface area (Å²) in [4.78, 5) is 12.2. The molecule has 33 heavy (non-hydrogen) atoms. The molecule has 0 bridgehead atoms. The quantitative estimate of drug-likeness (QED) is 0.424. The number of aliphatic hydroxyl groups is 1. The summed E-state index contributed by atoms with van der Waals surface area (Å²) in [7, 11) is 0. The molecule has 5 aliphatic rings. The van der Waals surface area contributed by atoms with E-state index in [-0.39, 0.29) is 27.1 Å². The first kappa shape index (κ1) is 23.4. The predicted molar refractivity (Wildman–Crippen MR) is 133 cm³/mol. The van der Waals surface area contributed by atoms with Crippen molar-refractivity contribution in [2.45, 2.75) is 99.5 Å². The van der Waals surface area contributed by atoms with Gasteiger partial charge in [-0.25, -0.2) is 0 Å². The van der Waals surface area contributed by atoms with Crippen LogP contribution >= 0.6 is 0 Å². The fourth-order valence-electron chi connectivity index (χ4n) is 9.40. The van der Waals surface area contributed by atoms with Crippen LogP contribution in [0.3, 0.4) is 0 Å². The summed E-state index contributed by atoms with van der Waals surface area (Å²) >= 11 is 0. The van der Waals surface area contributed by atoms with Crippen molar-refractivity contribution in [3.63, 3.8) is 0 Å². The number of carboxylic acid groups (broad SMARTS) is 1. The maximum atomic E-state index is 12.2. The lowest BCUT2D eigenvalue weighted by molar-refractivity contribution is -0.155. The van der Waals surface area contributed by atoms with Crippen LogP contribution in [0.1, 0.15) is 93.4 Å².